The number of hydrogen-bond donors (Lipinski definition) is 1. The Morgan fingerprint density at radius 3 is 2.11 bits per heavy atom. The van der Waals surface area contributed by atoms with Crippen LogP contribution in [-0.2, 0) is 14.4 Å². The van der Waals surface area contributed by atoms with Crippen LogP contribution in [0.1, 0.15) is 6.42 Å². The minimum Gasteiger partial charge on any atom is -0.480 e. The van der Waals surface area contributed by atoms with Gasteiger partial charge in [-0.3, -0.25) is 19.3 Å². The number of rotatable bonds is 2. The first-order chi connectivity index (χ1) is 8.59. The number of imide groups is 1. The van der Waals surface area contributed by atoms with Gasteiger partial charge in [0.05, 0.1) is 11.8 Å². The van der Waals surface area contributed by atoms with Crippen LogP contribution in [0.3, 0.4) is 0 Å². The summed E-state index contributed by atoms with van der Waals surface area (Å²) >= 11 is 0. The lowest BCUT2D eigenvalue weighted by Crippen LogP contribution is -2.40. The van der Waals surface area contributed by atoms with Crippen LogP contribution in [0.15, 0.2) is 12.2 Å². The van der Waals surface area contributed by atoms with E-state index < -0.39 is 12.5 Å². The summed E-state index contributed by atoms with van der Waals surface area (Å²) in [5.41, 5.74) is 0. The number of hydrogen-bond acceptors (Lipinski definition) is 3. The zero-order valence-electron chi connectivity index (χ0n) is 9.65. The summed E-state index contributed by atoms with van der Waals surface area (Å²) in [6.45, 7) is -0.487. The first-order valence-electron chi connectivity index (χ1n) is 6.35. The van der Waals surface area contributed by atoms with E-state index in [1.807, 2.05) is 0 Å². The highest BCUT2D eigenvalue weighted by atomic mass is 16.4. The second kappa shape index (κ2) is 3.02. The standard InChI is InChI=1S/C13H13NO4/c15-9(16)4-14-12(17)10-5-1-2-6(8-3-7(5)8)11(10)13(14)18/h1-2,5-8,10-11H,3-4H2,(H,15,16)/t5-,6-,7-,8+,10-,11+/m0/s1. The van der Waals surface area contributed by atoms with E-state index in [0.717, 1.165) is 11.3 Å². The zero-order chi connectivity index (χ0) is 12.6. The smallest absolute Gasteiger partial charge is 0.323 e. The molecule has 6 atom stereocenters. The van der Waals surface area contributed by atoms with E-state index >= 15 is 0 Å². The van der Waals surface area contributed by atoms with Gasteiger partial charge in [0.2, 0.25) is 11.8 Å². The van der Waals surface area contributed by atoms with Gasteiger partial charge in [0, 0.05) is 0 Å². The van der Waals surface area contributed by atoms with E-state index in [-0.39, 0.29) is 35.5 Å². The van der Waals surface area contributed by atoms with Gasteiger partial charge in [0.15, 0.2) is 0 Å². The van der Waals surface area contributed by atoms with Crippen LogP contribution in [0.2, 0.25) is 0 Å². The second-order valence-corrected chi connectivity index (χ2v) is 5.81. The maximum Gasteiger partial charge on any atom is 0.323 e. The Hall–Kier alpha value is -1.65. The summed E-state index contributed by atoms with van der Waals surface area (Å²) in [4.78, 5) is 36.2. The molecule has 0 aromatic rings. The molecule has 0 unspecified atom stereocenters. The maximum absolute atomic E-state index is 12.2. The van der Waals surface area contributed by atoms with Crippen LogP contribution in [0.5, 0.6) is 0 Å². The summed E-state index contributed by atoms with van der Waals surface area (Å²) in [5, 5.41) is 8.79. The minimum absolute atomic E-state index is 0.167. The molecule has 5 aliphatic rings. The minimum atomic E-state index is -1.12. The van der Waals surface area contributed by atoms with E-state index in [9.17, 15) is 14.4 Å². The lowest BCUT2D eigenvalue weighted by molar-refractivity contribution is -0.149. The molecule has 1 aliphatic heterocycles. The first-order valence-corrected chi connectivity index (χ1v) is 6.35. The van der Waals surface area contributed by atoms with E-state index in [0.29, 0.717) is 11.8 Å². The van der Waals surface area contributed by atoms with Gasteiger partial charge in [0.1, 0.15) is 6.54 Å². The normalized spacial score (nSPS) is 47.2. The third kappa shape index (κ3) is 1.05. The van der Waals surface area contributed by atoms with Gasteiger partial charge in [-0.25, -0.2) is 0 Å². The topological polar surface area (TPSA) is 74.7 Å². The monoisotopic (exact) mass is 247 g/mol. The van der Waals surface area contributed by atoms with E-state index in [4.69, 9.17) is 5.11 Å². The lowest BCUT2D eigenvalue weighted by atomic mass is 9.63. The maximum atomic E-state index is 12.2. The molecule has 3 fully saturated rings. The van der Waals surface area contributed by atoms with Gasteiger partial charge in [-0.15, -0.1) is 0 Å². The van der Waals surface area contributed by atoms with Gasteiger partial charge in [-0.1, -0.05) is 12.2 Å². The number of carboxylic acid groups (broad SMARTS) is 1. The summed E-state index contributed by atoms with van der Waals surface area (Å²) in [6, 6.07) is 0. The van der Waals surface area contributed by atoms with Gasteiger partial charge in [0.25, 0.3) is 0 Å². The van der Waals surface area contributed by atoms with Crippen molar-refractivity contribution in [1.82, 2.24) is 4.90 Å². The quantitative estimate of drug-likeness (QED) is 0.555. The van der Waals surface area contributed by atoms with Crippen molar-refractivity contribution < 1.29 is 19.5 Å². The Morgan fingerprint density at radius 2 is 1.67 bits per heavy atom. The molecule has 0 radical (unpaired) electrons. The Labute approximate surface area is 103 Å². The highest BCUT2D eigenvalue weighted by molar-refractivity contribution is 6.07. The highest BCUT2D eigenvalue weighted by Gasteiger charge is 2.67. The first kappa shape index (κ1) is 10.3. The van der Waals surface area contributed by atoms with Crippen molar-refractivity contribution in [3.8, 4) is 0 Å². The molecule has 0 spiro atoms. The van der Waals surface area contributed by atoms with Gasteiger partial charge < -0.3 is 5.11 Å². The van der Waals surface area contributed by atoms with Gasteiger partial charge >= 0.3 is 5.97 Å². The molecule has 1 N–H and O–H groups in total. The predicted octanol–water partition coefficient (Wildman–Crippen LogP) is 0.124. The molecule has 2 amide bonds. The van der Waals surface area contributed by atoms with Crippen molar-refractivity contribution in [3.63, 3.8) is 0 Å². The molecule has 4 aliphatic carbocycles. The number of allylic oxidation sites excluding steroid dienone is 2. The highest BCUT2D eigenvalue weighted by Crippen LogP contribution is 2.65. The number of nitrogens with zero attached hydrogens (tertiary/aromatic N) is 1. The number of likely N-dealkylation sites (tertiary alicyclic amines) is 1. The van der Waals surface area contributed by atoms with E-state index in [1.165, 1.54) is 0 Å². The average Bonchev–Trinajstić information content (AvgIpc) is 3.11. The fourth-order valence-corrected chi connectivity index (χ4v) is 4.31. The number of amides is 2. The summed E-state index contributed by atoms with van der Waals surface area (Å²) < 4.78 is 0. The Balaban J connectivity index is 1.72. The molecule has 94 valence electrons. The lowest BCUT2D eigenvalue weighted by Gasteiger charge is -2.37. The van der Waals surface area contributed by atoms with Crippen molar-refractivity contribution in [2.75, 3.05) is 6.54 Å². The average molecular weight is 247 g/mol. The molecule has 1 heterocycles. The van der Waals surface area contributed by atoms with Crippen LogP contribution >= 0.6 is 0 Å². The molecule has 0 aromatic heterocycles. The van der Waals surface area contributed by atoms with Crippen molar-refractivity contribution in [2.24, 2.45) is 35.5 Å². The molecule has 18 heavy (non-hydrogen) atoms. The van der Waals surface area contributed by atoms with E-state index in [1.54, 1.807) is 0 Å². The largest absolute Gasteiger partial charge is 0.480 e. The molecular weight excluding hydrogens is 234 g/mol. The Kier molecular flexibility index (Phi) is 1.73. The fraction of sp³-hybridized carbons (Fsp3) is 0.615. The Bertz CT molecular complexity index is 475. The predicted molar refractivity (Wildman–Crippen MR) is 59.1 cm³/mol. The van der Waals surface area contributed by atoms with Crippen LogP contribution in [0.4, 0.5) is 0 Å². The summed E-state index contributed by atoms with van der Waals surface area (Å²) in [5.74, 6) is -0.771. The molecular formula is C13H13NO4. The van der Waals surface area contributed by atoms with Gasteiger partial charge in [-0.2, -0.15) is 0 Å². The fourth-order valence-electron chi connectivity index (χ4n) is 4.31. The summed E-state index contributed by atoms with van der Waals surface area (Å²) in [6.07, 6.45) is 5.28. The third-order valence-corrected chi connectivity index (χ3v) is 5.05. The molecule has 5 nitrogen and oxygen atoms in total. The molecule has 0 aromatic carbocycles. The number of carbonyl (C=O) groups excluding carboxylic acids is 2. The van der Waals surface area contributed by atoms with Crippen molar-refractivity contribution in [2.45, 2.75) is 6.42 Å². The Morgan fingerprint density at radius 1 is 1.17 bits per heavy atom. The number of carboxylic acids is 1. The molecule has 2 bridgehead atoms. The number of aliphatic carboxylic acids is 1. The number of carbonyl (C=O) groups is 3. The van der Waals surface area contributed by atoms with Crippen molar-refractivity contribution in [1.29, 1.82) is 0 Å². The van der Waals surface area contributed by atoms with Crippen molar-refractivity contribution >= 4 is 17.8 Å². The SMILES string of the molecule is O=C(O)CN1C(=O)[C@@H]2[C@H]3C=C[C@@H]([C@@H]4C[C@H]34)[C@@H]2C1=O. The molecule has 5 rings (SSSR count). The molecule has 2 saturated carbocycles. The van der Waals surface area contributed by atoms with Gasteiger partial charge in [-0.05, 0) is 30.1 Å². The third-order valence-electron chi connectivity index (χ3n) is 5.05. The van der Waals surface area contributed by atoms with Crippen LogP contribution in [0.25, 0.3) is 0 Å². The van der Waals surface area contributed by atoms with E-state index in [2.05, 4.69) is 12.2 Å². The van der Waals surface area contributed by atoms with Crippen LogP contribution in [-0.4, -0.2) is 34.3 Å². The van der Waals surface area contributed by atoms with Crippen LogP contribution in [0, 0.1) is 35.5 Å². The molecule has 5 heteroatoms. The van der Waals surface area contributed by atoms with Crippen molar-refractivity contribution in [3.05, 3.63) is 12.2 Å². The van der Waals surface area contributed by atoms with Crippen LogP contribution < -0.4 is 0 Å². The summed E-state index contributed by atoms with van der Waals surface area (Å²) in [7, 11) is 0. The zero-order valence-corrected chi connectivity index (χ0v) is 9.65. The second-order valence-electron chi connectivity index (χ2n) is 5.81. The molecule has 1 saturated heterocycles.